The SMILES string of the molecule is COC1CC=C(C(C)(C)C)CC1. The Bertz CT molecular complexity index is 174. The van der Waals surface area contributed by atoms with Gasteiger partial charge >= 0.3 is 0 Å². The van der Waals surface area contributed by atoms with E-state index in [0.29, 0.717) is 11.5 Å². The fraction of sp³-hybridized carbons (Fsp3) is 0.818. The minimum Gasteiger partial charge on any atom is -0.381 e. The third-order valence-electron chi connectivity index (χ3n) is 2.66. The second-order valence-electron chi connectivity index (χ2n) is 4.61. The van der Waals surface area contributed by atoms with Gasteiger partial charge in [-0.3, -0.25) is 0 Å². The van der Waals surface area contributed by atoms with Crippen LogP contribution in [0, 0.1) is 5.41 Å². The fourth-order valence-electron chi connectivity index (χ4n) is 1.71. The molecule has 0 aliphatic heterocycles. The number of ether oxygens (including phenoxy) is 1. The molecular formula is C11H20O. The van der Waals surface area contributed by atoms with E-state index in [1.807, 2.05) is 0 Å². The molecule has 70 valence electrons. The van der Waals surface area contributed by atoms with Gasteiger partial charge in [0.15, 0.2) is 0 Å². The summed E-state index contributed by atoms with van der Waals surface area (Å²) in [7, 11) is 1.81. The van der Waals surface area contributed by atoms with Gasteiger partial charge in [0.25, 0.3) is 0 Å². The lowest BCUT2D eigenvalue weighted by molar-refractivity contribution is 0.0918. The molecule has 12 heavy (non-hydrogen) atoms. The smallest absolute Gasteiger partial charge is 0.0608 e. The van der Waals surface area contributed by atoms with E-state index in [1.54, 1.807) is 12.7 Å². The summed E-state index contributed by atoms with van der Waals surface area (Å²) >= 11 is 0. The summed E-state index contributed by atoms with van der Waals surface area (Å²) in [5.74, 6) is 0. The van der Waals surface area contributed by atoms with Crippen LogP contribution in [-0.4, -0.2) is 13.2 Å². The molecular weight excluding hydrogens is 148 g/mol. The van der Waals surface area contributed by atoms with Gasteiger partial charge in [0.05, 0.1) is 6.10 Å². The van der Waals surface area contributed by atoms with Crippen molar-refractivity contribution in [2.75, 3.05) is 7.11 Å². The normalized spacial score (nSPS) is 25.3. The van der Waals surface area contributed by atoms with Crippen LogP contribution in [-0.2, 0) is 4.74 Å². The van der Waals surface area contributed by atoms with E-state index in [0.717, 1.165) is 6.42 Å². The molecule has 0 amide bonds. The lowest BCUT2D eigenvalue weighted by atomic mass is 9.80. The van der Waals surface area contributed by atoms with Crippen LogP contribution in [0.15, 0.2) is 11.6 Å². The van der Waals surface area contributed by atoms with Crippen molar-refractivity contribution in [3.63, 3.8) is 0 Å². The lowest BCUT2D eigenvalue weighted by Crippen LogP contribution is -2.19. The maximum absolute atomic E-state index is 5.31. The predicted molar refractivity (Wildman–Crippen MR) is 52.2 cm³/mol. The maximum Gasteiger partial charge on any atom is 0.0608 e. The molecule has 0 aromatic heterocycles. The summed E-state index contributed by atoms with van der Waals surface area (Å²) in [5.41, 5.74) is 1.95. The van der Waals surface area contributed by atoms with E-state index in [9.17, 15) is 0 Å². The molecule has 0 fully saturated rings. The van der Waals surface area contributed by atoms with Crippen molar-refractivity contribution in [1.82, 2.24) is 0 Å². The van der Waals surface area contributed by atoms with E-state index >= 15 is 0 Å². The minimum atomic E-state index is 0.360. The highest BCUT2D eigenvalue weighted by Crippen LogP contribution is 2.33. The van der Waals surface area contributed by atoms with Crippen molar-refractivity contribution in [2.45, 2.75) is 46.1 Å². The largest absolute Gasteiger partial charge is 0.381 e. The number of allylic oxidation sites excluding steroid dienone is 1. The first kappa shape index (κ1) is 9.79. The molecule has 0 aromatic rings. The Morgan fingerprint density at radius 2 is 2.08 bits per heavy atom. The van der Waals surface area contributed by atoms with Crippen molar-refractivity contribution in [3.8, 4) is 0 Å². The Morgan fingerprint density at radius 1 is 1.42 bits per heavy atom. The molecule has 1 rings (SSSR count). The second-order valence-corrected chi connectivity index (χ2v) is 4.61. The highest BCUT2D eigenvalue weighted by Gasteiger charge is 2.21. The standard InChI is InChI=1S/C11H20O/c1-11(2,3)9-5-7-10(12-4)8-6-9/h5,10H,6-8H2,1-4H3. The summed E-state index contributed by atoms with van der Waals surface area (Å²) in [4.78, 5) is 0. The minimum absolute atomic E-state index is 0.360. The zero-order valence-electron chi connectivity index (χ0n) is 8.68. The molecule has 0 N–H and O–H groups in total. The molecule has 1 nitrogen and oxygen atoms in total. The Kier molecular flexibility index (Phi) is 2.94. The molecule has 1 atom stereocenters. The Balaban J connectivity index is 2.56. The Hall–Kier alpha value is -0.300. The van der Waals surface area contributed by atoms with E-state index in [2.05, 4.69) is 26.8 Å². The maximum atomic E-state index is 5.31. The number of rotatable bonds is 1. The third-order valence-corrected chi connectivity index (χ3v) is 2.66. The topological polar surface area (TPSA) is 9.23 Å². The summed E-state index contributed by atoms with van der Waals surface area (Å²) < 4.78 is 5.31. The molecule has 0 spiro atoms. The molecule has 0 aromatic carbocycles. The van der Waals surface area contributed by atoms with Gasteiger partial charge in [0.1, 0.15) is 0 Å². The van der Waals surface area contributed by atoms with E-state index in [1.165, 1.54) is 12.8 Å². The van der Waals surface area contributed by atoms with Gasteiger partial charge < -0.3 is 4.74 Å². The highest BCUT2D eigenvalue weighted by molar-refractivity contribution is 5.14. The van der Waals surface area contributed by atoms with Crippen LogP contribution in [0.2, 0.25) is 0 Å². The van der Waals surface area contributed by atoms with Crippen LogP contribution < -0.4 is 0 Å². The zero-order valence-corrected chi connectivity index (χ0v) is 8.68. The molecule has 0 saturated carbocycles. The third kappa shape index (κ3) is 2.34. The van der Waals surface area contributed by atoms with Crippen molar-refractivity contribution in [1.29, 1.82) is 0 Å². The van der Waals surface area contributed by atoms with Gasteiger partial charge in [0, 0.05) is 7.11 Å². The lowest BCUT2D eigenvalue weighted by Gasteiger charge is -2.29. The van der Waals surface area contributed by atoms with Crippen LogP contribution >= 0.6 is 0 Å². The van der Waals surface area contributed by atoms with Crippen LogP contribution in [0.3, 0.4) is 0 Å². The summed E-state index contributed by atoms with van der Waals surface area (Å²) in [6.45, 7) is 6.85. The van der Waals surface area contributed by atoms with Crippen molar-refractivity contribution >= 4 is 0 Å². The van der Waals surface area contributed by atoms with Gasteiger partial charge in [-0.15, -0.1) is 0 Å². The zero-order chi connectivity index (χ0) is 9.19. The monoisotopic (exact) mass is 168 g/mol. The summed E-state index contributed by atoms with van der Waals surface area (Å²) in [6.07, 6.45) is 6.33. The van der Waals surface area contributed by atoms with E-state index < -0.39 is 0 Å². The molecule has 1 aliphatic rings. The molecule has 0 radical (unpaired) electrons. The second kappa shape index (κ2) is 3.61. The van der Waals surface area contributed by atoms with Crippen LogP contribution in [0.1, 0.15) is 40.0 Å². The van der Waals surface area contributed by atoms with Gasteiger partial charge in [-0.2, -0.15) is 0 Å². The molecule has 1 aliphatic carbocycles. The van der Waals surface area contributed by atoms with Crippen molar-refractivity contribution in [2.24, 2.45) is 5.41 Å². The van der Waals surface area contributed by atoms with Gasteiger partial charge in [-0.05, 0) is 24.7 Å². The van der Waals surface area contributed by atoms with Gasteiger partial charge in [0.2, 0.25) is 0 Å². The van der Waals surface area contributed by atoms with Crippen LogP contribution in [0.25, 0.3) is 0 Å². The number of hydrogen-bond donors (Lipinski definition) is 0. The van der Waals surface area contributed by atoms with Crippen LogP contribution in [0.5, 0.6) is 0 Å². The highest BCUT2D eigenvalue weighted by atomic mass is 16.5. The van der Waals surface area contributed by atoms with E-state index in [-0.39, 0.29) is 0 Å². The first-order valence-corrected chi connectivity index (χ1v) is 4.76. The quantitative estimate of drug-likeness (QED) is 0.546. The van der Waals surface area contributed by atoms with E-state index in [4.69, 9.17) is 4.74 Å². The first-order valence-electron chi connectivity index (χ1n) is 4.76. The first-order chi connectivity index (χ1) is 5.54. The molecule has 0 bridgehead atoms. The molecule has 1 heteroatoms. The van der Waals surface area contributed by atoms with Gasteiger partial charge in [-0.1, -0.05) is 32.4 Å². The van der Waals surface area contributed by atoms with Gasteiger partial charge in [-0.25, -0.2) is 0 Å². The molecule has 0 heterocycles. The summed E-state index contributed by atoms with van der Waals surface area (Å²) in [6, 6.07) is 0. The molecule has 1 unspecified atom stereocenters. The van der Waals surface area contributed by atoms with Crippen LogP contribution in [0.4, 0.5) is 0 Å². The van der Waals surface area contributed by atoms with Crippen molar-refractivity contribution in [3.05, 3.63) is 11.6 Å². The molecule has 0 saturated heterocycles. The average molecular weight is 168 g/mol. The average Bonchev–Trinajstić information content (AvgIpc) is 2.03. The summed E-state index contributed by atoms with van der Waals surface area (Å²) in [5, 5.41) is 0. The number of hydrogen-bond acceptors (Lipinski definition) is 1. The number of methoxy groups -OCH3 is 1. The van der Waals surface area contributed by atoms with Crippen molar-refractivity contribution < 1.29 is 4.74 Å². The Labute approximate surface area is 75.8 Å². The fourth-order valence-corrected chi connectivity index (χ4v) is 1.71. The predicted octanol–water partition coefficient (Wildman–Crippen LogP) is 3.16. The Morgan fingerprint density at radius 3 is 2.42 bits per heavy atom.